The Morgan fingerprint density at radius 3 is 2.92 bits per heavy atom. The molecule has 26 heavy (non-hydrogen) atoms. The summed E-state index contributed by atoms with van der Waals surface area (Å²) in [5.74, 6) is 1.13. The van der Waals surface area contributed by atoms with Crippen LogP contribution < -0.4 is 15.4 Å². The highest BCUT2D eigenvalue weighted by Gasteiger charge is 2.12. The van der Waals surface area contributed by atoms with Gasteiger partial charge in [-0.25, -0.2) is 4.79 Å². The van der Waals surface area contributed by atoms with E-state index in [1.807, 2.05) is 19.9 Å². The third kappa shape index (κ3) is 5.09. The molecule has 1 fully saturated rings. The molecule has 1 amide bonds. The van der Waals surface area contributed by atoms with E-state index in [9.17, 15) is 4.79 Å². The molecule has 0 bridgehead atoms. The molecule has 0 radical (unpaired) electrons. The third-order valence-electron chi connectivity index (χ3n) is 4.11. The second-order valence-corrected chi connectivity index (χ2v) is 6.61. The number of fused-ring (bicyclic) bond motifs is 1. The zero-order chi connectivity index (χ0) is 18.4. The summed E-state index contributed by atoms with van der Waals surface area (Å²) < 4.78 is 15.9. The molecule has 142 valence electrons. The van der Waals surface area contributed by atoms with Crippen LogP contribution in [0.4, 0.5) is 10.6 Å². The summed E-state index contributed by atoms with van der Waals surface area (Å²) in [4.78, 5) is 14.1. The molecule has 3 rings (SSSR count). The number of carbonyl (C=O) groups excluding carboxylic acids is 1. The standard InChI is InChI=1S/C18H26N4O4/c1-13(2)20-18(23)25-14-4-5-15-16(12-14)26-21-17(15)19-6-3-7-22-8-10-24-11-9-22/h4-5,12-13H,3,6-11H2,1-2H3,(H,19,21)(H,20,23). The Kier molecular flexibility index (Phi) is 6.30. The first kappa shape index (κ1) is 18.5. The molecular formula is C18H26N4O4. The van der Waals surface area contributed by atoms with Crippen molar-refractivity contribution in [1.29, 1.82) is 0 Å². The molecule has 2 heterocycles. The average Bonchev–Trinajstić information content (AvgIpc) is 3.01. The Morgan fingerprint density at radius 2 is 2.15 bits per heavy atom. The van der Waals surface area contributed by atoms with Crippen LogP contribution in [-0.4, -0.2) is 61.6 Å². The summed E-state index contributed by atoms with van der Waals surface area (Å²) in [6.07, 6.45) is 0.533. The summed E-state index contributed by atoms with van der Waals surface area (Å²) in [7, 11) is 0. The van der Waals surface area contributed by atoms with Crippen molar-refractivity contribution in [3.63, 3.8) is 0 Å². The molecule has 2 aromatic rings. The number of rotatable bonds is 7. The Hall–Kier alpha value is -2.32. The number of hydrogen-bond acceptors (Lipinski definition) is 7. The van der Waals surface area contributed by atoms with E-state index in [4.69, 9.17) is 14.0 Å². The van der Waals surface area contributed by atoms with Crippen LogP contribution in [0.1, 0.15) is 20.3 Å². The maximum absolute atomic E-state index is 11.7. The molecule has 0 spiro atoms. The number of nitrogens with zero attached hydrogens (tertiary/aromatic N) is 2. The number of ether oxygens (including phenoxy) is 2. The Bertz CT molecular complexity index is 725. The minimum atomic E-state index is -0.486. The molecular weight excluding hydrogens is 336 g/mol. The molecule has 1 aromatic carbocycles. The van der Waals surface area contributed by atoms with Crippen LogP contribution in [0.5, 0.6) is 5.75 Å². The first-order valence-corrected chi connectivity index (χ1v) is 9.03. The number of hydrogen-bond donors (Lipinski definition) is 2. The lowest BCUT2D eigenvalue weighted by Crippen LogP contribution is -2.37. The van der Waals surface area contributed by atoms with Gasteiger partial charge in [0.05, 0.1) is 18.6 Å². The van der Waals surface area contributed by atoms with Gasteiger partial charge in [0, 0.05) is 31.7 Å². The highest BCUT2D eigenvalue weighted by atomic mass is 16.6. The fourth-order valence-electron chi connectivity index (χ4n) is 2.82. The number of anilines is 1. The molecule has 1 aliphatic heterocycles. The van der Waals surface area contributed by atoms with Gasteiger partial charge in [0.25, 0.3) is 0 Å². The summed E-state index contributed by atoms with van der Waals surface area (Å²) in [6, 6.07) is 5.26. The molecule has 0 aliphatic carbocycles. The minimum Gasteiger partial charge on any atom is -0.410 e. The second-order valence-electron chi connectivity index (χ2n) is 6.61. The summed E-state index contributed by atoms with van der Waals surface area (Å²) in [6.45, 7) is 9.24. The van der Waals surface area contributed by atoms with Crippen LogP contribution in [0.2, 0.25) is 0 Å². The fourth-order valence-corrected chi connectivity index (χ4v) is 2.82. The maximum Gasteiger partial charge on any atom is 0.412 e. The molecule has 0 saturated carbocycles. The quantitative estimate of drug-likeness (QED) is 0.731. The first-order chi connectivity index (χ1) is 12.6. The van der Waals surface area contributed by atoms with Crippen LogP contribution in [-0.2, 0) is 4.74 Å². The van der Waals surface area contributed by atoms with E-state index in [0.717, 1.165) is 51.2 Å². The van der Waals surface area contributed by atoms with Crippen molar-refractivity contribution in [3.05, 3.63) is 18.2 Å². The van der Waals surface area contributed by atoms with E-state index < -0.39 is 6.09 Å². The van der Waals surface area contributed by atoms with E-state index in [1.165, 1.54) is 0 Å². The van der Waals surface area contributed by atoms with Gasteiger partial charge in [-0.15, -0.1) is 0 Å². The zero-order valence-corrected chi connectivity index (χ0v) is 15.3. The summed E-state index contributed by atoms with van der Waals surface area (Å²) in [5.41, 5.74) is 0.579. The third-order valence-corrected chi connectivity index (χ3v) is 4.11. The number of nitrogens with one attached hydrogen (secondary N) is 2. The highest BCUT2D eigenvalue weighted by Crippen LogP contribution is 2.26. The van der Waals surface area contributed by atoms with Crippen LogP contribution in [0, 0.1) is 0 Å². The predicted octanol–water partition coefficient (Wildman–Crippen LogP) is 2.46. The van der Waals surface area contributed by atoms with Crippen LogP contribution in [0.15, 0.2) is 22.7 Å². The normalized spacial score (nSPS) is 15.3. The largest absolute Gasteiger partial charge is 0.412 e. The molecule has 8 nitrogen and oxygen atoms in total. The lowest BCUT2D eigenvalue weighted by atomic mass is 10.2. The van der Waals surface area contributed by atoms with Crippen LogP contribution in [0.3, 0.4) is 0 Å². The van der Waals surface area contributed by atoms with Crippen molar-refractivity contribution < 1.29 is 18.8 Å². The van der Waals surface area contributed by atoms with Crippen LogP contribution >= 0.6 is 0 Å². The van der Waals surface area contributed by atoms with Gasteiger partial charge in [-0.05, 0) is 38.9 Å². The van der Waals surface area contributed by atoms with E-state index in [2.05, 4.69) is 20.7 Å². The lowest BCUT2D eigenvalue weighted by Gasteiger charge is -2.26. The minimum absolute atomic E-state index is 0.0183. The average molecular weight is 362 g/mol. The van der Waals surface area contributed by atoms with Crippen LogP contribution in [0.25, 0.3) is 11.0 Å². The Balaban J connectivity index is 1.51. The SMILES string of the molecule is CC(C)NC(=O)Oc1ccc2c(NCCCN3CCOCC3)noc2c1. The van der Waals surface area contributed by atoms with Gasteiger partial charge >= 0.3 is 6.09 Å². The van der Waals surface area contributed by atoms with Crippen molar-refractivity contribution >= 4 is 22.9 Å². The van der Waals surface area contributed by atoms with Crippen molar-refractivity contribution in [2.24, 2.45) is 0 Å². The Labute approximate surface area is 152 Å². The highest BCUT2D eigenvalue weighted by molar-refractivity contribution is 5.89. The van der Waals surface area contributed by atoms with Gasteiger partial charge in [0.2, 0.25) is 0 Å². The number of amides is 1. The number of carbonyl (C=O) groups is 1. The summed E-state index contributed by atoms with van der Waals surface area (Å²) in [5, 5.41) is 10.9. The number of morpholine rings is 1. The molecule has 1 saturated heterocycles. The molecule has 8 heteroatoms. The van der Waals surface area contributed by atoms with E-state index >= 15 is 0 Å². The zero-order valence-electron chi connectivity index (χ0n) is 15.3. The Morgan fingerprint density at radius 1 is 1.35 bits per heavy atom. The first-order valence-electron chi connectivity index (χ1n) is 9.03. The van der Waals surface area contributed by atoms with Gasteiger partial charge in [-0.3, -0.25) is 4.90 Å². The fraction of sp³-hybridized carbons (Fsp3) is 0.556. The van der Waals surface area contributed by atoms with Crippen molar-refractivity contribution in [2.45, 2.75) is 26.3 Å². The second kappa shape index (κ2) is 8.86. The number of benzene rings is 1. The predicted molar refractivity (Wildman–Crippen MR) is 98.7 cm³/mol. The maximum atomic E-state index is 11.7. The smallest absolute Gasteiger partial charge is 0.410 e. The van der Waals surface area contributed by atoms with Gasteiger partial charge in [0.1, 0.15) is 5.75 Å². The van der Waals surface area contributed by atoms with Gasteiger partial charge in [-0.1, -0.05) is 5.16 Å². The molecule has 0 atom stereocenters. The van der Waals surface area contributed by atoms with Crippen molar-refractivity contribution in [1.82, 2.24) is 15.4 Å². The van der Waals surface area contributed by atoms with Gasteiger partial charge < -0.3 is 24.6 Å². The molecule has 1 aromatic heterocycles. The van der Waals surface area contributed by atoms with Crippen molar-refractivity contribution in [2.75, 3.05) is 44.7 Å². The van der Waals surface area contributed by atoms with E-state index in [1.54, 1.807) is 12.1 Å². The monoisotopic (exact) mass is 362 g/mol. The summed E-state index contributed by atoms with van der Waals surface area (Å²) >= 11 is 0. The topological polar surface area (TPSA) is 88.9 Å². The van der Waals surface area contributed by atoms with E-state index in [0.29, 0.717) is 17.2 Å². The van der Waals surface area contributed by atoms with Gasteiger partial charge in [-0.2, -0.15) is 0 Å². The molecule has 0 unspecified atom stereocenters. The lowest BCUT2D eigenvalue weighted by molar-refractivity contribution is 0.0378. The van der Waals surface area contributed by atoms with E-state index in [-0.39, 0.29) is 6.04 Å². The number of aromatic nitrogens is 1. The molecule has 2 N–H and O–H groups in total. The van der Waals surface area contributed by atoms with Crippen molar-refractivity contribution in [3.8, 4) is 5.75 Å². The van der Waals surface area contributed by atoms with Gasteiger partial charge in [0.15, 0.2) is 11.4 Å². The molecule has 1 aliphatic rings.